The highest BCUT2D eigenvalue weighted by molar-refractivity contribution is 6.30. The van der Waals surface area contributed by atoms with Gasteiger partial charge in [-0.25, -0.2) is 9.59 Å². The molecule has 0 atom stereocenters. The number of methoxy groups -OCH3 is 3. The van der Waals surface area contributed by atoms with Crippen LogP contribution in [0.1, 0.15) is 11.1 Å². The van der Waals surface area contributed by atoms with Gasteiger partial charge in [0, 0.05) is 11.6 Å². The highest BCUT2D eigenvalue weighted by Gasteiger charge is 2.12. The predicted octanol–water partition coefficient (Wildman–Crippen LogP) is 2.85. The number of rotatable bonds is 8. The average molecular weight is 426 g/mol. The summed E-state index contributed by atoms with van der Waals surface area (Å²) in [4.78, 5) is 18.2. The summed E-state index contributed by atoms with van der Waals surface area (Å²) in [6.07, 6.45) is 0.946. The van der Waals surface area contributed by atoms with E-state index < -0.39 is 11.9 Å². The summed E-state index contributed by atoms with van der Waals surface area (Å²) in [6, 6.07) is 11.8. The first-order valence-corrected chi connectivity index (χ1v) is 8.90. The van der Waals surface area contributed by atoms with E-state index in [2.05, 4.69) is 5.32 Å². The van der Waals surface area contributed by atoms with Gasteiger partial charge in [0.1, 0.15) is 0 Å². The van der Waals surface area contributed by atoms with E-state index in [1.807, 2.05) is 36.4 Å². The molecule has 0 bridgehead atoms. The molecule has 8 nitrogen and oxygen atoms in total. The quantitative estimate of drug-likeness (QED) is 0.437. The van der Waals surface area contributed by atoms with Crippen LogP contribution in [0.2, 0.25) is 5.02 Å². The van der Waals surface area contributed by atoms with E-state index in [4.69, 9.17) is 45.6 Å². The average Bonchev–Trinajstić information content (AvgIpc) is 2.72. The number of carboxylic acid groups (broad SMARTS) is 2. The third-order valence-corrected chi connectivity index (χ3v) is 3.99. The molecule has 158 valence electrons. The van der Waals surface area contributed by atoms with E-state index in [-0.39, 0.29) is 0 Å². The van der Waals surface area contributed by atoms with Gasteiger partial charge in [0.15, 0.2) is 11.5 Å². The van der Waals surface area contributed by atoms with Crippen molar-refractivity contribution in [2.24, 2.45) is 0 Å². The standard InChI is InChI=1S/C18H22ClNO3.C2H2O4/c1-21-16-10-14(11-17(22-2)18(16)23-3)12-20-9-8-13-4-6-15(19)7-5-13;3-1(4)2(5)6/h4-7,10-11,20H,8-9,12H2,1-3H3;(H,3,4)(H,5,6). The van der Waals surface area contributed by atoms with Gasteiger partial charge >= 0.3 is 11.9 Å². The normalized spacial score (nSPS) is 9.79. The zero-order chi connectivity index (χ0) is 21.8. The second kappa shape index (κ2) is 12.5. The molecule has 0 unspecified atom stereocenters. The van der Waals surface area contributed by atoms with Crippen LogP contribution in [0.15, 0.2) is 36.4 Å². The summed E-state index contributed by atoms with van der Waals surface area (Å²) < 4.78 is 16.0. The van der Waals surface area contributed by atoms with Crippen LogP contribution in [0, 0.1) is 0 Å². The van der Waals surface area contributed by atoms with Crippen molar-refractivity contribution in [2.75, 3.05) is 27.9 Å². The number of hydrogen-bond acceptors (Lipinski definition) is 6. The van der Waals surface area contributed by atoms with Crippen LogP contribution in [-0.4, -0.2) is 50.0 Å². The second-order valence-corrected chi connectivity index (χ2v) is 6.13. The Kier molecular flexibility index (Phi) is 10.4. The van der Waals surface area contributed by atoms with Crippen molar-refractivity contribution in [2.45, 2.75) is 13.0 Å². The maximum Gasteiger partial charge on any atom is 0.414 e. The molecule has 29 heavy (non-hydrogen) atoms. The summed E-state index contributed by atoms with van der Waals surface area (Å²) in [6.45, 7) is 1.60. The molecule has 3 N–H and O–H groups in total. The van der Waals surface area contributed by atoms with Crippen molar-refractivity contribution in [1.82, 2.24) is 5.32 Å². The molecule has 0 aromatic heterocycles. The fraction of sp³-hybridized carbons (Fsp3) is 0.300. The highest BCUT2D eigenvalue weighted by atomic mass is 35.5. The second-order valence-electron chi connectivity index (χ2n) is 5.70. The lowest BCUT2D eigenvalue weighted by Gasteiger charge is -2.14. The number of carbonyl (C=O) groups is 2. The fourth-order valence-corrected chi connectivity index (χ4v) is 2.48. The van der Waals surface area contributed by atoms with Crippen LogP contribution in [0.3, 0.4) is 0 Å². The van der Waals surface area contributed by atoms with Gasteiger partial charge in [-0.2, -0.15) is 0 Å². The molecule has 0 fully saturated rings. The zero-order valence-corrected chi connectivity index (χ0v) is 17.2. The van der Waals surface area contributed by atoms with Gasteiger partial charge in [0.25, 0.3) is 0 Å². The van der Waals surface area contributed by atoms with E-state index in [1.54, 1.807) is 21.3 Å². The van der Waals surface area contributed by atoms with Gasteiger partial charge in [-0.05, 0) is 48.4 Å². The minimum absolute atomic E-state index is 0.611. The van der Waals surface area contributed by atoms with Crippen LogP contribution >= 0.6 is 11.6 Å². The SMILES string of the molecule is COc1cc(CNCCc2ccc(Cl)cc2)cc(OC)c1OC.O=C(O)C(=O)O. The van der Waals surface area contributed by atoms with Crippen molar-refractivity contribution in [3.8, 4) is 17.2 Å². The van der Waals surface area contributed by atoms with E-state index in [1.165, 1.54) is 5.56 Å². The van der Waals surface area contributed by atoms with Crippen molar-refractivity contribution >= 4 is 23.5 Å². The molecular weight excluding hydrogens is 402 g/mol. The number of nitrogens with one attached hydrogen (secondary N) is 1. The first-order valence-electron chi connectivity index (χ1n) is 8.52. The third kappa shape index (κ3) is 8.28. The number of ether oxygens (including phenoxy) is 3. The number of carboxylic acids is 2. The Morgan fingerprint density at radius 3 is 1.83 bits per heavy atom. The largest absolute Gasteiger partial charge is 0.493 e. The van der Waals surface area contributed by atoms with E-state index >= 15 is 0 Å². The molecule has 9 heteroatoms. The number of hydrogen-bond donors (Lipinski definition) is 3. The van der Waals surface area contributed by atoms with Crippen LogP contribution in [0.25, 0.3) is 0 Å². The molecule has 2 rings (SSSR count). The Morgan fingerprint density at radius 1 is 0.897 bits per heavy atom. The highest BCUT2D eigenvalue weighted by Crippen LogP contribution is 2.38. The van der Waals surface area contributed by atoms with Crippen molar-refractivity contribution < 1.29 is 34.0 Å². The lowest BCUT2D eigenvalue weighted by Crippen LogP contribution is -2.16. The molecule has 0 aliphatic carbocycles. The molecule has 0 aliphatic rings. The van der Waals surface area contributed by atoms with Gasteiger partial charge in [0.05, 0.1) is 21.3 Å². The Bertz CT molecular complexity index is 772. The van der Waals surface area contributed by atoms with Crippen LogP contribution in [-0.2, 0) is 22.6 Å². The Balaban J connectivity index is 0.000000612. The van der Waals surface area contributed by atoms with Gasteiger partial charge in [-0.15, -0.1) is 0 Å². The van der Waals surface area contributed by atoms with Crippen molar-refractivity contribution in [1.29, 1.82) is 0 Å². The van der Waals surface area contributed by atoms with Crippen LogP contribution < -0.4 is 19.5 Å². The number of benzene rings is 2. The monoisotopic (exact) mass is 425 g/mol. The smallest absolute Gasteiger partial charge is 0.414 e. The minimum atomic E-state index is -1.82. The summed E-state index contributed by atoms with van der Waals surface area (Å²) in [5.41, 5.74) is 2.34. The fourth-order valence-electron chi connectivity index (χ4n) is 2.35. The van der Waals surface area contributed by atoms with E-state index in [9.17, 15) is 0 Å². The molecule has 0 amide bonds. The summed E-state index contributed by atoms with van der Waals surface area (Å²) in [5.74, 6) is -1.70. The Labute approximate surface area is 174 Å². The molecule has 2 aromatic rings. The van der Waals surface area contributed by atoms with Crippen LogP contribution in [0.4, 0.5) is 0 Å². The van der Waals surface area contributed by atoms with E-state index in [0.717, 1.165) is 30.1 Å². The topological polar surface area (TPSA) is 114 Å². The number of halogens is 1. The molecule has 0 saturated carbocycles. The molecular formula is C20H24ClNO7. The van der Waals surface area contributed by atoms with Gasteiger partial charge in [-0.3, -0.25) is 0 Å². The van der Waals surface area contributed by atoms with Crippen molar-refractivity contribution in [3.63, 3.8) is 0 Å². The van der Waals surface area contributed by atoms with Gasteiger partial charge in [0.2, 0.25) is 5.75 Å². The Morgan fingerprint density at radius 2 is 1.41 bits per heavy atom. The lowest BCUT2D eigenvalue weighted by molar-refractivity contribution is -0.159. The van der Waals surface area contributed by atoms with Crippen molar-refractivity contribution in [3.05, 3.63) is 52.5 Å². The van der Waals surface area contributed by atoms with E-state index in [0.29, 0.717) is 17.2 Å². The molecule has 0 aliphatic heterocycles. The van der Waals surface area contributed by atoms with Gasteiger partial charge in [-0.1, -0.05) is 23.7 Å². The first kappa shape index (κ1) is 24.1. The maximum absolute atomic E-state index is 9.10. The third-order valence-electron chi connectivity index (χ3n) is 3.74. The molecule has 0 heterocycles. The van der Waals surface area contributed by atoms with Gasteiger partial charge < -0.3 is 29.7 Å². The minimum Gasteiger partial charge on any atom is -0.493 e. The Hall–Kier alpha value is -2.97. The molecule has 2 aromatic carbocycles. The lowest BCUT2D eigenvalue weighted by atomic mass is 10.1. The molecule has 0 radical (unpaired) electrons. The predicted molar refractivity (Wildman–Crippen MR) is 108 cm³/mol. The summed E-state index contributed by atoms with van der Waals surface area (Å²) in [7, 11) is 4.84. The number of aliphatic carboxylic acids is 2. The van der Waals surface area contributed by atoms with Crippen LogP contribution in [0.5, 0.6) is 17.2 Å². The first-order chi connectivity index (χ1) is 13.8. The zero-order valence-electron chi connectivity index (χ0n) is 16.4. The summed E-state index contributed by atoms with van der Waals surface area (Å²) in [5, 5.41) is 19.0. The molecule has 0 saturated heterocycles. The molecule has 0 spiro atoms. The maximum atomic E-state index is 9.10. The summed E-state index contributed by atoms with van der Waals surface area (Å²) >= 11 is 5.89.